The molecule has 0 amide bonds. The first kappa shape index (κ1) is 13.1. The van der Waals surface area contributed by atoms with Gasteiger partial charge in [0.25, 0.3) is 0 Å². The van der Waals surface area contributed by atoms with Gasteiger partial charge >= 0.3 is 0 Å². The first-order valence-corrected chi connectivity index (χ1v) is 6.01. The highest BCUT2D eigenvalue weighted by molar-refractivity contribution is 5.29. The predicted molar refractivity (Wildman–Crippen MR) is 64.4 cm³/mol. The molecule has 1 aliphatic carbocycles. The Labute approximate surface area is 96.7 Å². The quantitative estimate of drug-likeness (QED) is 0.562. The number of allylic oxidation sites excluding steroid dienone is 4. The van der Waals surface area contributed by atoms with Crippen molar-refractivity contribution in [2.24, 2.45) is 5.92 Å². The summed E-state index contributed by atoms with van der Waals surface area (Å²) in [4.78, 5) is 0. The van der Waals surface area contributed by atoms with Gasteiger partial charge in [0.05, 0.1) is 0 Å². The van der Waals surface area contributed by atoms with Crippen LogP contribution < -0.4 is 0 Å². The van der Waals surface area contributed by atoms with Gasteiger partial charge < -0.3 is 0 Å². The van der Waals surface area contributed by atoms with Crippen LogP contribution in [0.15, 0.2) is 36.5 Å². The first-order chi connectivity index (χ1) is 7.65. The Bertz CT molecular complexity index is 283. The van der Waals surface area contributed by atoms with E-state index >= 15 is 0 Å². The second kappa shape index (κ2) is 6.62. The maximum Gasteiger partial charge on any atom is 0.161 e. The third kappa shape index (κ3) is 3.92. The summed E-state index contributed by atoms with van der Waals surface area (Å²) in [6.07, 6.45) is 8.68. The van der Waals surface area contributed by atoms with Crippen LogP contribution in [0.2, 0.25) is 0 Å². The van der Waals surface area contributed by atoms with E-state index in [1.165, 1.54) is 32.1 Å². The summed E-state index contributed by atoms with van der Waals surface area (Å²) < 4.78 is 26.1. The Morgan fingerprint density at radius 3 is 2.38 bits per heavy atom. The minimum atomic E-state index is -0.895. The van der Waals surface area contributed by atoms with Gasteiger partial charge in [0.15, 0.2) is 11.7 Å². The molecule has 0 aromatic rings. The molecule has 1 rings (SSSR count). The summed E-state index contributed by atoms with van der Waals surface area (Å²) in [7, 11) is 0. The lowest BCUT2D eigenvalue weighted by atomic mass is 9.85. The molecule has 16 heavy (non-hydrogen) atoms. The lowest BCUT2D eigenvalue weighted by Crippen LogP contribution is -2.06. The average molecular weight is 226 g/mol. The van der Waals surface area contributed by atoms with E-state index in [1.807, 2.05) is 0 Å². The molecule has 0 unspecified atom stereocenters. The van der Waals surface area contributed by atoms with Gasteiger partial charge in [-0.1, -0.05) is 45.3 Å². The van der Waals surface area contributed by atoms with E-state index in [1.54, 1.807) is 0 Å². The van der Waals surface area contributed by atoms with Crippen LogP contribution in [0.3, 0.4) is 0 Å². The Hall–Kier alpha value is -0.920. The molecule has 1 fully saturated rings. The van der Waals surface area contributed by atoms with E-state index < -0.39 is 11.7 Å². The molecule has 0 nitrogen and oxygen atoms in total. The number of hydrogen-bond donors (Lipinski definition) is 0. The van der Waals surface area contributed by atoms with Crippen molar-refractivity contribution in [2.45, 2.75) is 44.9 Å². The fourth-order valence-electron chi connectivity index (χ4n) is 2.22. The normalized spacial score (nSPS) is 19.1. The van der Waals surface area contributed by atoms with Crippen LogP contribution in [0.5, 0.6) is 0 Å². The van der Waals surface area contributed by atoms with Gasteiger partial charge in [-0.3, -0.25) is 0 Å². The molecule has 0 spiro atoms. The molecule has 0 aromatic heterocycles. The van der Waals surface area contributed by atoms with Crippen molar-refractivity contribution in [3.8, 4) is 0 Å². The van der Waals surface area contributed by atoms with Gasteiger partial charge in [-0.15, -0.1) is 0 Å². The van der Waals surface area contributed by atoms with Gasteiger partial charge in [-0.05, 0) is 30.4 Å². The fraction of sp³-hybridized carbons (Fsp3) is 0.571. The van der Waals surface area contributed by atoms with Gasteiger partial charge in [0.1, 0.15) is 0 Å². The van der Waals surface area contributed by atoms with E-state index in [0.29, 0.717) is 12.3 Å². The summed E-state index contributed by atoms with van der Waals surface area (Å²) in [6.45, 7) is 6.79. The van der Waals surface area contributed by atoms with E-state index in [9.17, 15) is 8.78 Å². The lowest BCUT2D eigenvalue weighted by molar-refractivity contribution is 0.338. The molecule has 0 heterocycles. The second-order valence-corrected chi connectivity index (χ2v) is 4.51. The standard InChI is InChI=1S/C14H20F2/c1-3-13(15)14(16)11(2)9-10-12-7-5-4-6-8-12/h3,12H,1-2,4-10H2/b14-13-. The summed E-state index contributed by atoms with van der Waals surface area (Å²) in [5.41, 5.74) is 0.267. The highest BCUT2D eigenvalue weighted by Crippen LogP contribution is 2.30. The summed E-state index contributed by atoms with van der Waals surface area (Å²) in [5.74, 6) is -1.05. The second-order valence-electron chi connectivity index (χ2n) is 4.51. The molecule has 2 heteroatoms. The number of hydrogen-bond acceptors (Lipinski definition) is 0. The smallest absolute Gasteiger partial charge is 0.161 e. The zero-order chi connectivity index (χ0) is 12.0. The van der Waals surface area contributed by atoms with Crippen LogP contribution in [0, 0.1) is 5.92 Å². The van der Waals surface area contributed by atoms with Crippen molar-refractivity contribution in [1.29, 1.82) is 0 Å². The van der Waals surface area contributed by atoms with Crippen molar-refractivity contribution >= 4 is 0 Å². The Kier molecular flexibility index (Phi) is 5.44. The van der Waals surface area contributed by atoms with Crippen molar-refractivity contribution in [1.82, 2.24) is 0 Å². The molecule has 1 aliphatic rings. The number of halogens is 2. The van der Waals surface area contributed by atoms with Crippen LogP contribution in [-0.2, 0) is 0 Å². The highest BCUT2D eigenvalue weighted by atomic mass is 19.2. The van der Waals surface area contributed by atoms with Gasteiger partial charge in [-0.2, -0.15) is 0 Å². The van der Waals surface area contributed by atoms with Crippen LogP contribution in [0.4, 0.5) is 8.78 Å². The maximum absolute atomic E-state index is 13.3. The molecular formula is C14H20F2. The zero-order valence-electron chi connectivity index (χ0n) is 9.77. The monoisotopic (exact) mass is 226 g/mol. The largest absolute Gasteiger partial charge is 0.204 e. The maximum atomic E-state index is 13.3. The summed E-state index contributed by atoms with van der Waals surface area (Å²) >= 11 is 0. The third-order valence-corrected chi connectivity index (χ3v) is 3.28. The molecule has 0 aromatic carbocycles. The van der Waals surface area contributed by atoms with E-state index in [4.69, 9.17) is 0 Å². The topological polar surface area (TPSA) is 0 Å². The first-order valence-electron chi connectivity index (χ1n) is 6.01. The minimum Gasteiger partial charge on any atom is -0.204 e. The predicted octanol–water partition coefficient (Wildman–Crippen LogP) is 5.24. The third-order valence-electron chi connectivity index (χ3n) is 3.28. The Morgan fingerprint density at radius 1 is 1.19 bits per heavy atom. The van der Waals surface area contributed by atoms with Crippen LogP contribution in [-0.4, -0.2) is 0 Å². The molecule has 0 atom stereocenters. The summed E-state index contributed by atoms with van der Waals surface area (Å²) in [5, 5.41) is 0. The molecule has 1 saturated carbocycles. The van der Waals surface area contributed by atoms with Crippen molar-refractivity contribution in [3.05, 3.63) is 36.5 Å². The Balaban J connectivity index is 2.37. The fourth-order valence-corrected chi connectivity index (χ4v) is 2.22. The van der Waals surface area contributed by atoms with E-state index in [2.05, 4.69) is 13.2 Å². The molecule has 0 aliphatic heterocycles. The van der Waals surface area contributed by atoms with Crippen molar-refractivity contribution < 1.29 is 8.78 Å². The molecular weight excluding hydrogens is 206 g/mol. The molecule has 0 saturated heterocycles. The SMILES string of the molecule is C=C/C(F)=C(/F)C(=C)CCC1CCCCC1. The minimum absolute atomic E-state index is 0.267. The van der Waals surface area contributed by atoms with Crippen LogP contribution in [0.1, 0.15) is 44.9 Å². The zero-order valence-corrected chi connectivity index (χ0v) is 9.77. The number of rotatable bonds is 5. The van der Waals surface area contributed by atoms with E-state index in [-0.39, 0.29) is 5.57 Å². The van der Waals surface area contributed by atoms with Gasteiger partial charge in [0.2, 0.25) is 0 Å². The van der Waals surface area contributed by atoms with Crippen molar-refractivity contribution in [3.63, 3.8) is 0 Å². The van der Waals surface area contributed by atoms with Crippen molar-refractivity contribution in [2.75, 3.05) is 0 Å². The van der Waals surface area contributed by atoms with Gasteiger partial charge in [-0.25, -0.2) is 8.78 Å². The molecule has 0 N–H and O–H groups in total. The average Bonchev–Trinajstić information content (AvgIpc) is 2.35. The lowest BCUT2D eigenvalue weighted by Gasteiger charge is -2.21. The van der Waals surface area contributed by atoms with Crippen LogP contribution in [0.25, 0.3) is 0 Å². The summed E-state index contributed by atoms with van der Waals surface area (Å²) in [6, 6.07) is 0. The van der Waals surface area contributed by atoms with Gasteiger partial charge in [0, 0.05) is 0 Å². The molecule has 0 radical (unpaired) electrons. The van der Waals surface area contributed by atoms with E-state index in [0.717, 1.165) is 12.5 Å². The molecule has 0 bridgehead atoms. The van der Waals surface area contributed by atoms with Crippen LogP contribution >= 0.6 is 0 Å². The molecule has 90 valence electrons. The highest BCUT2D eigenvalue weighted by Gasteiger charge is 2.15. The Morgan fingerprint density at radius 2 is 1.81 bits per heavy atom.